The maximum absolute atomic E-state index is 12.9. The average Bonchev–Trinajstić information content (AvgIpc) is 3.05. The molecule has 0 spiro atoms. The number of nitrogens with zero attached hydrogens (tertiary/aromatic N) is 3. The van der Waals surface area contributed by atoms with Crippen LogP contribution in [-0.4, -0.2) is 36.3 Å². The van der Waals surface area contributed by atoms with Gasteiger partial charge in [-0.25, -0.2) is 0 Å². The Labute approximate surface area is 117 Å². The molecule has 114 valence electrons. The zero-order chi connectivity index (χ0) is 15.0. The lowest BCUT2D eigenvalue weighted by Crippen LogP contribution is -2.44. The Balaban J connectivity index is 1.95. The zero-order valence-corrected chi connectivity index (χ0v) is 11.2. The highest BCUT2D eigenvalue weighted by molar-refractivity contribution is 5.62. The summed E-state index contributed by atoms with van der Waals surface area (Å²) in [5.41, 5.74) is -1.10. The average molecular weight is 302 g/mol. The van der Waals surface area contributed by atoms with Crippen molar-refractivity contribution in [2.24, 2.45) is 0 Å². The molecule has 2 aromatic heterocycles. The van der Waals surface area contributed by atoms with Crippen LogP contribution in [0.4, 0.5) is 19.1 Å². The smallest absolute Gasteiger partial charge is 0.420 e. The minimum absolute atomic E-state index is 0.0952. The topological polar surface area (TPSA) is 67.3 Å². The third-order valence-corrected chi connectivity index (χ3v) is 3.31. The van der Waals surface area contributed by atoms with Gasteiger partial charge in [-0.05, 0) is 12.1 Å². The fourth-order valence-corrected chi connectivity index (χ4v) is 2.24. The SMILES string of the molecule is Cc1occ(C(F)(F)F)c1-c1nc(N2CCNCC2)no1. The van der Waals surface area contributed by atoms with Crippen molar-refractivity contribution in [2.45, 2.75) is 13.1 Å². The van der Waals surface area contributed by atoms with Gasteiger partial charge in [0.2, 0.25) is 0 Å². The van der Waals surface area contributed by atoms with Gasteiger partial charge in [-0.3, -0.25) is 0 Å². The molecule has 0 saturated carbocycles. The van der Waals surface area contributed by atoms with Gasteiger partial charge in [0.15, 0.2) is 0 Å². The first-order chi connectivity index (χ1) is 9.97. The monoisotopic (exact) mass is 302 g/mol. The Bertz CT molecular complexity index is 629. The molecule has 0 aromatic carbocycles. The summed E-state index contributed by atoms with van der Waals surface area (Å²) in [5, 5.41) is 6.93. The quantitative estimate of drug-likeness (QED) is 0.916. The number of anilines is 1. The molecule has 1 aliphatic rings. The maximum Gasteiger partial charge on any atom is 0.420 e. The Morgan fingerprint density at radius 3 is 2.67 bits per heavy atom. The number of nitrogens with one attached hydrogen (secondary N) is 1. The molecule has 2 aromatic rings. The lowest BCUT2D eigenvalue weighted by atomic mass is 10.1. The van der Waals surface area contributed by atoms with Crippen LogP contribution >= 0.6 is 0 Å². The minimum atomic E-state index is -4.53. The minimum Gasteiger partial charge on any atom is -0.468 e. The summed E-state index contributed by atoms with van der Waals surface area (Å²) in [6.45, 7) is 4.31. The summed E-state index contributed by atoms with van der Waals surface area (Å²) in [7, 11) is 0. The van der Waals surface area contributed by atoms with Crippen LogP contribution in [0.1, 0.15) is 11.3 Å². The number of halogens is 3. The molecule has 3 heterocycles. The van der Waals surface area contributed by atoms with Crippen LogP contribution in [0.3, 0.4) is 0 Å². The lowest BCUT2D eigenvalue weighted by molar-refractivity contribution is -0.137. The van der Waals surface area contributed by atoms with Gasteiger partial charge < -0.3 is 19.2 Å². The van der Waals surface area contributed by atoms with Gasteiger partial charge >= 0.3 is 6.18 Å². The second kappa shape index (κ2) is 5.06. The van der Waals surface area contributed by atoms with Crippen molar-refractivity contribution in [3.05, 3.63) is 17.6 Å². The molecular weight excluding hydrogens is 289 g/mol. The summed E-state index contributed by atoms with van der Waals surface area (Å²) < 4.78 is 48.7. The number of alkyl halides is 3. The predicted octanol–water partition coefficient (Wildman–Crippen LogP) is 2.07. The van der Waals surface area contributed by atoms with E-state index in [9.17, 15) is 13.2 Å². The molecule has 0 atom stereocenters. The zero-order valence-electron chi connectivity index (χ0n) is 11.2. The van der Waals surface area contributed by atoms with Gasteiger partial charge in [-0.15, -0.1) is 0 Å². The van der Waals surface area contributed by atoms with E-state index >= 15 is 0 Å². The molecule has 0 radical (unpaired) electrons. The van der Waals surface area contributed by atoms with Gasteiger partial charge in [0, 0.05) is 26.2 Å². The molecular formula is C12H13F3N4O2. The van der Waals surface area contributed by atoms with Crippen LogP contribution in [0.5, 0.6) is 0 Å². The van der Waals surface area contributed by atoms with E-state index in [4.69, 9.17) is 8.94 Å². The Kier molecular flexibility index (Phi) is 3.36. The standard InChI is InChI=1S/C12H13F3N4O2/c1-7-9(8(6-20-7)12(13,14)15)10-17-11(18-21-10)19-4-2-16-3-5-19/h6,16H,2-5H2,1H3. The molecule has 3 rings (SSSR count). The maximum atomic E-state index is 12.9. The summed E-state index contributed by atoms with van der Waals surface area (Å²) in [4.78, 5) is 5.93. The fraction of sp³-hybridized carbons (Fsp3) is 0.500. The van der Waals surface area contributed by atoms with E-state index in [1.165, 1.54) is 6.92 Å². The first-order valence-electron chi connectivity index (χ1n) is 6.42. The van der Waals surface area contributed by atoms with E-state index in [1.54, 1.807) is 0 Å². The molecule has 0 bridgehead atoms. The Morgan fingerprint density at radius 2 is 2.00 bits per heavy atom. The second-order valence-corrected chi connectivity index (χ2v) is 4.71. The molecule has 9 heteroatoms. The van der Waals surface area contributed by atoms with Crippen molar-refractivity contribution >= 4 is 5.95 Å². The van der Waals surface area contributed by atoms with Crippen molar-refractivity contribution in [3.63, 3.8) is 0 Å². The van der Waals surface area contributed by atoms with E-state index in [-0.39, 0.29) is 17.2 Å². The highest BCUT2D eigenvalue weighted by Gasteiger charge is 2.38. The summed E-state index contributed by atoms with van der Waals surface area (Å²) in [6.07, 6.45) is -3.86. The summed E-state index contributed by atoms with van der Waals surface area (Å²) in [6, 6.07) is 0. The number of hydrogen-bond donors (Lipinski definition) is 1. The van der Waals surface area contributed by atoms with E-state index in [0.29, 0.717) is 25.3 Å². The van der Waals surface area contributed by atoms with Crippen LogP contribution in [0.2, 0.25) is 0 Å². The molecule has 1 saturated heterocycles. The number of rotatable bonds is 2. The number of piperazine rings is 1. The number of aromatic nitrogens is 2. The van der Waals surface area contributed by atoms with Crippen molar-refractivity contribution in [1.82, 2.24) is 15.5 Å². The Morgan fingerprint density at radius 1 is 1.29 bits per heavy atom. The van der Waals surface area contributed by atoms with Gasteiger partial charge in [0.1, 0.15) is 17.6 Å². The van der Waals surface area contributed by atoms with Crippen LogP contribution in [-0.2, 0) is 6.18 Å². The van der Waals surface area contributed by atoms with Crippen LogP contribution < -0.4 is 10.2 Å². The van der Waals surface area contributed by atoms with Crippen molar-refractivity contribution in [3.8, 4) is 11.5 Å². The molecule has 1 aliphatic heterocycles. The third-order valence-electron chi connectivity index (χ3n) is 3.31. The molecule has 1 fully saturated rings. The highest BCUT2D eigenvalue weighted by Crippen LogP contribution is 2.39. The number of hydrogen-bond acceptors (Lipinski definition) is 6. The predicted molar refractivity (Wildman–Crippen MR) is 66.8 cm³/mol. The summed E-state index contributed by atoms with van der Waals surface area (Å²) in [5.74, 6) is 0.208. The molecule has 1 N–H and O–H groups in total. The second-order valence-electron chi connectivity index (χ2n) is 4.71. The van der Waals surface area contributed by atoms with E-state index in [1.807, 2.05) is 4.90 Å². The van der Waals surface area contributed by atoms with Gasteiger partial charge in [-0.2, -0.15) is 18.2 Å². The lowest BCUT2D eigenvalue weighted by Gasteiger charge is -2.25. The van der Waals surface area contributed by atoms with Gasteiger partial charge in [0.05, 0.1) is 5.56 Å². The molecule has 0 amide bonds. The van der Waals surface area contributed by atoms with E-state index in [2.05, 4.69) is 15.5 Å². The summed E-state index contributed by atoms with van der Waals surface area (Å²) >= 11 is 0. The highest BCUT2D eigenvalue weighted by atomic mass is 19.4. The van der Waals surface area contributed by atoms with E-state index < -0.39 is 11.7 Å². The Hall–Kier alpha value is -2.03. The fourth-order valence-electron chi connectivity index (χ4n) is 2.24. The molecule has 0 aliphatic carbocycles. The number of aryl methyl sites for hydroxylation is 1. The van der Waals surface area contributed by atoms with Crippen LogP contribution in [0.15, 0.2) is 15.2 Å². The van der Waals surface area contributed by atoms with Gasteiger partial charge in [0.25, 0.3) is 11.8 Å². The molecule has 0 unspecified atom stereocenters. The first kappa shape index (κ1) is 13.9. The molecule has 6 nitrogen and oxygen atoms in total. The largest absolute Gasteiger partial charge is 0.468 e. The van der Waals surface area contributed by atoms with Gasteiger partial charge in [-0.1, -0.05) is 0 Å². The first-order valence-corrected chi connectivity index (χ1v) is 6.42. The molecule has 21 heavy (non-hydrogen) atoms. The van der Waals surface area contributed by atoms with Crippen LogP contribution in [0, 0.1) is 6.92 Å². The number of furan rings is 1. The van der Waals surface area contributed by atoms with Crippen molar-refractivity contribution < 1.29 is 22.1 Å². The third kappa shape index (κ3) is 2.60. The van der Waals surface area contributed by atoms with Crippen LogP contribution in [0.25, 0.3) is 11.5 Å². The van der Waals surface area contributed by atoms with E-state index in [0.717, 1.165) is 13.1 Å². The normalized spacial score (nSPS) is 16.5. The van der Waals surface area contributed by atoms with Crippen molar-refractivity contribution in [1.29, 1.82) is 0 Å². The van der Waals surface area contributed by atoms with Crippen molar-refractivity contribution in [2.75, 3.05) is 31.1 Å².